The molecule has 18 heavy (non-hydrogen) atoms. The van der Waals surface area contributed by atoms with Crippen LogP contribution in [0.1, 0.15) is 43.9 Å². The molecule has 0 bridgehead atoms. The summed E-state index contributed by atoms with van der Waals surface area (Å²) < 4.78 is 5.36. The molecule has 0 aliphatic carbocycles. The van der Waals surface area contributed by atoms with Crippen molar-refractivity contribution < 1.29 is 4.74 Å². The van der Waals surface area contributed by atoms with Crippen LogP contribution in [0.3, 0.4) is 0 Å². The normalized spacial score (nSPS) is 14.3. The zero-order chi connectivity index (χ0) is 13.5. The molecular weight excluding hydrogens is 224 g/mol. The third-order valence-electron chi connectivity index (χ3n) is 3.35. The fourth-order valence-electron chi connectivity index (χ4n) is 2.20. The van der Waals surface area contributed by atoms with Gasteiger partial charge in [0.05, 0.1) is 7.11 Å². The summed E-state index contributed by atoms with van der Waals surface area (Å²) in [4.78, 5) is 0. The van der Waals surface area contributed by atoms with E-state index in [1.54, 1.807) is 7.11 Å². The Labute approximate surface area is 111 Å². The van der Waals surface area contributed by atoms with E-state index < -0.39 is 0 Å². The monoisotopic (exact) mass is 250 g/mol. The van der Waals surface area contributed by atoms with Gasteiger partial charge in [0.25, 0.3) is 0 Å². The second-order valence-electron chi connectivity index (χ2n) is 4.82. The first-order chi connectivity index (χ1) is 8.62. The van der Waals surface area contributed by atoms with E-state index in [2.05, 4.69) is 37.4 Å². The number of methoxy groups -OCH3 is 1. The van der Waals surface area contributed by atoms with Gasteiger partial charge in [-0.3, -0.25) is 0 Å². The number of hydrogen-bond donors (Lipinski definition) is 2. The maximum atomic E-state index is 5.83. The number of hydrogen-bond acceptors (Lipinski definition) is 3. The summed E-state index contributed by atoms with van der Waals surface area (Å²) in [6.07, 6.45) is 3.07. The molecule has 0 aliphatic heterocycles. The lowest BCUT2D eigenvalue weighted by Gasteiger charge is -2.19. The van der Waals surface area contributed by atoms with Gasteiger partial charge >= 0.3 is 0 Å². The van der Waals surface area contributed by atoms with Crippen molar-refractivity contribution in [2.24, 2.45) is 5.73 Å². The molecule has 0 aliphatic rings. The number of nitrogens with two attached hydrogens (primary N) is 1. The van der Waals surface area contributed by atoms with Gasteiger partial charge in [-0.25, -0.2) is 0 Å². The molecule has 0 amide bonds. The average Bonchev–Trinajstić information content (AvgIpc) is 2.38. The molecule has 0 fully saturated rings. The molecule has 0 saturated carbocycles. The largest absolute Gasteiger partial charge is 0.496 e. The highest BCUT2D eigenvalue weighted by Crippen LogP contribution is 2.26. The Hall–Kier alpha value is -1.06. The SMILES string of the molecule is CCc1cc(C(CCC(C)N)NC)ccc1OC. The van der Waals surface area contributed by atoms with E-state index >= 15 is 0 Å². The second kappa shape index (κ2) is 7.39. The molecule has 1 rings (SSSR count). The summed E-state index contributed by atoms with van der Waals surface area (Å²) in [5.41, 5.74) is 8.40. The van der Waals surface area contributed by atoms with Crippen molar-refractivity contribution in [2.75, 3.05) is 14.2 Å². The minimum absolute atomic E-state index is 0.254. The van der Waals surface area contributed by atoms with Crippen molar-refractivity contribution in [3.05, 3.63) is 29.3 Å². The van der Waals surface area contributed by atoms with Gasteiger partial charge < -0.3 is 15.8 Å². The molecule has 1 aromatic carbocycles. The molecule has 1 aromatic rings. The van der Waals surface area contributed by atoms with Gasteiger partial charge in [0.1, 0.15) is 5.75 Å². The highest BCUT2D eigenvalue weighted by molar-refractivity contribution is 5.38. The molecule has 0 spiro atoms. The average molecular weight is 250 g/mol. The van der Waals surface area contributed by atoms with Crippen LogP contribution in [0.5, 0.6) is 5.75 Å². The fraction of sp³-hybridized carbons (Fsp3) is 0.600. The van der Waals surface area contributed by atoms with Crippen LogP contribution in [0.25, 0.3) is 0 Å². The zero-order valence-corrected chi connectivity index (χ0v) is 12.0. The molecule has 102 valence electrons. The lowest BCUT2D eigenvalue weighted by molar-refractivity contribution is 0.409. The predicted molar refractivity (Wildman–Crippen MR) is 77.1 cm³/mol. The highest BCUT2D eigenvalue weighted by atomic mass is 16.5. The minimum atomic E-state index is 0.254. The van der Waals surface area contributed by atoms with Gasteiger partial charge in [-0.2, -0.15) is 0 Å². The van der Waals surface area contributed by atoms with Gasteiger partial charge in [-0.15, -0.1) is 0 Å². The van der Waals surface area contributed by atoms with Crippen molar-refractivity contribution >= 4 is 0 Å². The Bertz CT molecular complexity index is 364. The molecule has 2 atom stereocenters. The Balaban J connectivity index is 2.85. The van der Waals surface area contributed by atoms with Crippen molar-refractivity contribution in [3.8, 4) is 5.75 Å². The molecule has 0 saturated heterocycles. The third-order valence-corrected chi connectivity index (χ3v) is 3.35. The summed E-state index contributed by atoms with van der Waals surface area (Å²) in [6, 6.07) is 7.06. The van der Waals surface area contributed by atoms with Gasteiger partial charge in [-0.05, 0) is 50.4 Å². The van der Waals surface area contributed by atoms with Crippen molar-refractivity contribution in [1.29, 1.82) is 0 Å². The Morgan fingerprint density at radius 1 is 1.33 bits per heavy atom. The molecule has 3 nitrogen and oxygen atoms in total. The standard InChI is InChI=1S/C15H26N2O/c1-5-12-10-13(7-9-15(12)18-4)14(17-3)8-6-11(2)16/h7,9-11,14,17H,5-6,8,16H2,1-4H3. The second-order valence-corrected chi connectivity index (χ2v) is 4.82. The lowest BCUT2D eigenvalue weighted by atomic mass is 9.97. The maximum absolute atomic E-state index is 5.83. The highest BCUT2D eigenvalue weighted by Gasteiger charge is 2.12. The van der Waals surface area contributed by atoms with Crippen molar-refractivity contribution in [2.45, 2.75) is 45.2 Å². The number of ether oxygens (including phenoxy) is 1. The van der Waals surface area contributed by atoms with Crippen LogP contribution in [0.2, 0.25) is 0 Å². The van der Waals surface area contributed by atoms with Gasteiger partial charge in [0, 0.05) is 12.1 Å². The van der Waals surface area contributed by atoms with E-state index in [0.29, 0.717) is 6.04 Å². The lowest BCUT2D eigenvalue weighted by Crippen LogP contribution is -2.21. The van der Waals surface area contributed by atoms with E-state index in [0.717, 1.165) is 25.0 Å². The smallest absolute Gasteiger partial charge is 0.122 e. The quantitative estimate of drug-likeness (QED) is 0.782. The first kappa shape index (κ1) is 15.0. The maximum Gasteiger partial charge on any atom is 0.122 e. The van der Waals surface area contributed by atoms with Crippen LogP contribution in [0.4, 0.5) is 0 Å². The van der Waals surface area contributed by atoms with E-state index in [9.17, 15) is 0 Å². The van der Waals surface area contributed by atoms with Crippen LogP contribution < -0.4 is 15.8 Å². The first-order valence-electron chi connectivity index (χ1n) is 6.72. The molecule has 0 heterocycles. The number of rotatable bonds is 7. The van der Waals surface area contributed by atoms with Crippen molar-refractivity contribution in [1.82, 2.24) is 5.32 Å². The van der Waals surface area contributed by atoms with E-state index in [4.69, 9.17) is 10.5 Å². The first-order valence-corrected chi connectivity index (χ1v) is 6.72. The fourth-order valence-corrected chi connectivity index (χ4v) is 2.20. The summed E-state index contributed by atoms with van der Waals surface area (Å²) in [5, 5.41) is 3.37. The molecule has 3 N–H and O–H groups in total. The Kier molecular flexibility index (Phi) is 6.16. The topological polar surface area (TPSA) is 47.3 Å². The number of aryl methyl sites for hydroxylation is 1. The van der Waals surface area contributed by atoms with Crippen LogP contribution >= 0.6 is 0 Å². The van der Waals surface area contributed by atoms with Crippen LogP contribution in [-0.4, -0.2) is 20.2 Å². The molecular formula is C15H26N2O. The molecule has 2 unspecified atom stereocenters. The van der Waals surface area contributed by atoms with Gasteiger partial charge in [-0.1, -0.05) is 19.1 Å². The number of benzene rings is 1. The molecule has 0 aromatic heterocycles. The van der Waals surface area contributed by atoms with Crippen LogP contribution in [0.15, 0.2) is 18.2 Å². The van der Waals surface area contributed by atoms with Crippen molar-refractivity contribution in [3.63, 3.8) is 0 Å². The van der Waals surface area contributed by atoms with Crippen LogP contribution in [0, 0.1) is 0 Å². The summed E-state index contributed by atoms with van der Waals surface area (Å²) >= 11 is 0. The summed E-state index contributed by atoms with van der Waals surface area (Å²) in [5.74, 6) is 0.975. The zero-order valence-electron chi connectivity index (χ0n) is 12.0. The van der Waals surface area contributed by atoms with Gasteiger partial charge in [0.2, 0.25) is 0 Å². The van der Waals surface area contributed by atoms with Gasteiger partial charge in [0.15, 0.2) is 0 Å². The summed E-state index contributed by atoms with van der Waals surface area (Å²) in [6.45, 7) is 4.20. The number of nitrogens with one attached hydrogen (secondary N) is 1. The summed E-state index contributed by atoms with van der Waals surface area (Å²) in [7, 11) is 3.72. The molecule has 3 heteroatoms. The van der Waals surface area contributed by atoms with E-state index in [-0.39, 0.29) is 6.04 Å². The molecule has 0 radical (unpaired) electrons. The Morgan fingerprint density at radius 2 is 2.06 bits per heavy atom. The minimum Gasteiger partial charge on any atom is -0.496 e. The third kappa shape index (κ3) is 4.00. The van der Waals surface area contributed by atoms with Crippen LogP contribution in [-0.2, 0) is 6.42 Å². The van der Waals surface area contributed by atoms with E-state index in [1.807, 2.05) is 7.05 Å². The van der Waals surface area contributed by atoms with E-state index in [1.165, 1.54) is 11.1 Å². The predicted octanol–water partition coefficient (Wildman–Crippen LogP) is 2.65. The Morgan fingerprint density at radius 3 is 2.56 bits per heavy atom.